The summed E-state index contributed by atoms with van der Waals surface area (Å²) in [6.07, 6.45) is 3.95. The van der Waals surface area contributed by atoms with Crippen LogP contribution in [-0.2, 0) is 0 Å². The molecule has 0 amide bonds. The Hall–Kier alpha value is -0.730. The molecule has 1 aliphatic rings. The summed E-state index contributed by atoms with van der Waals surface area (Å²) in [5.74, 6) is 0. The van der Waals surface area contributed by atoms with Crippen molar-refractivity contribution in [1.29, 1.82) is 0 Å². The van der Waals surface area contributed by atoms with Gasteiger partial charge in [-0.15, -0.1) is 0 Å². The van der Waals surface area contributed by atoms with Gasteiger partial charge in [-0.05, 0) is 44.0 Å². The van der Waals surface area contributed by atoms with Crippen molar-refractivity contribution in [2.45, 2.75) is 32.2 Å². The number of nitrogens with one attached hydrogen (secondary N) is 1. The standard InChI is InChI=1S/C14H21ClN2/c1-11-6-7-13(9-14(11)15)17(2)10-12-5-3-4-8-16-12/h6-7,9,12,16H,3-5,8,10H2,1-2H3. The second-order valence-electron chi connectivity index (χ2n) is 4.96. The van der Waals surface area contributed by atoms with Crippen molar-refractivity contribution in [3.8, 4) is 0 Å². The Morgan fingerprint density at radius 1 is 1.41 bits per heavy atom. The van der Waals surface area contributed by atoms with Gasteiger partial charge in [0.2, 0.25) is 0 Å². The van der Waals surface area contributed by atoms with Crippen LogP contribution in [0, 0.1) is 6.92 Å². The largest absolute Gasteiger partial charge is 0.373 e. The van der Waals surface area contributed by atoms with Crippen LogP contribution in [0.2, 0.25) is 5.02 Å². The van der Waals surface area contributed by atoms with E-state index in [4.69, 9.17) is 11.6 Å². The number of hydrogen-bond acceptors (Lipinski definition) is 2. The first-order valence-corrected chi connectivity index (χ1v) is 6.75. The van der Waals surface area contributed by atoms with E-state index in [9.17, 15) is 0 Å². The first-order chi connectivity index (χ1) is 8.16. The fourth-order valence-electron chi connectivity index (χ4n) is 2.34. The van der Waals surface area contributed by atoms with E-state index < -0.39 is 0 Å². The van der Waals surface area contributed by atoms with Crippen molar-refractivity contribution in [2.24, 2.45) is 0 Å². The van der Waals surface area contributed by atoms with Crippen LogP contribution >= 0.6 is 11.6 Å². The zero-order chi connectivity index (χ0) is 12.3. The third kappa shape index (κ3) is 3.36. The topological polar surface area (TPSA) is 15.3 Å². The number of rotatable bonds is 3. The van der Waals surface area contributed by atoms with Crippen molar-refractivity contribution >= 4 is 17.3 Å². The second-order valence-corrected chi connectivity index (χ2v) is 5.37. The van der Waals surface area contributed by atoms with Gasteiger partial charge in [-0.2, -0.15) is 0 Å². The molecule has 0 aliphatic carbocycles. The molecule has 0 saturated carbocycles. The molecule has 2 rings (SSSR count). The van der Waals surface area contributed by atoms with E-state index in [0.717, 1.165) is 23.7 Å². The molecule has 1 aliphatic heterocycles. The number of likely N-dealkylation sites (N-methyl/N-ethyl adjacent to an activating group) is 1. The SMILES string of the molecule is Cc1ccc(N(C)CC2CCCCN2)cc1Cl. The lowest BCUT2D eigenvalue weighted by Gasteiger charge is -2.29. The van der Waals surface area contributed by atoms with Crippen LogP contribution in [0.4, 0.5) is 5.69 Å². The summed E-state index contributed by atoms with van der Waals surface area (Å²) in [6.45, 7) is 4.25. The van der Waals surface area contributed by atoms with Crippen LogP contribution in [-0.4, -0.2) is 26.2 Å². The van der Waals surface area contributed by atoms with E-state index in [2.05, 4.69) is 35.5 Å². The molecule has 1 heterocycles. The van der Waals surface area contributed by atoms with Gasteiger partial charge in [0.25, 0.3) is 0 Å². The molecule has 3 heteroatoms. The van der Waals surface area contributed by atoms with Gasteiger partial charge >= 0.3 is 0 Å². The van der Waals surface area contributed by atoms with Gasteiger partial charge in [0.1, 0.15) is 0 Å². The highest BCUT2D eigenvalue weighted by atomic mass is 35.5. The van der Waals surface area contributed by atoms with E-state index in [0.29, 0.717) is 6.04 Å². The van der Waals surface area contributed by atoms with Crippen LogP contribution in [0.1, 0.15) is 24.8 Å². The molecule has 1 N–H and O–H groups in total. The average Bonchev–Trinajstić information content (AvgIpc) is 2.34. The molecule has 0 bridgehead atoms. The molecule has 1 aromatic carbocycles. The first kappa shape index (κ1) is 12.7. The average molecular weight is 253 g/mol. The third-order valence-electron chi connectivity index (χ3n) is 3.50. The van der Waals surface area contributed by atoms with Crippen LogP contribution < -0.4 is 10.2 Å². The molecule has 94 valence electrons. The summed E-state index contributed by atoms with van der Waals surface area (Å²) in [5.41, 5.74) is 2.34. The number of hydrogen-bond donors (Lipinski definition) is 1. The van der Waals surface area contributed by atoms with E-state index in [-0.39, 0.29) is 0 Å². The lowest BCUT2D eigenvalue weighted by molar-refractivity contribution is 0.403. The smallest absolute Gasteiger partial charge is 0.0455 e. The fourth-order valence-corrected chi connectivity index (χ4v) is 2.51. The van der Waals surface area contributed by atoms with Crippen molar-refractivity contribution < 1.29 is 0 Å². The maximum Gasteiger partial charge on any atom is 0.0455 e. The van der Waals surface area contributed by atoms with Crippen LogP contribution in [0.25, 0.3) is 0 Å². The van der Waals surface area contributed by atoms with Gasteiger partial charge in [0.15, 0.2) is 0 Å². The highest BCUT2D eigenvalue weighted by Gasteiger charge is 2.15. The lowest BCUT2D eigenvalue weighted by Crippen LogP contribution is -2.42. The molecule has 0 radical (unpaired) electrons. The maximum atomic E-state index is 6.16. The Morgan fingerprint density at radius 2 is 2.24 bits per heavy atom. The summed E-state index contributed by atoms with van der Waals surface area (Å²) in [4.78, 5) is 2.29. The van der Waals surface area contributed by atoms with Crippen molar-refractivity contribution in [3.63, 3.8) is 0 Å². The van der Waals surface area contributed by atoms with E-state index in [1.165, 1.54) is 24.9 Å². The zero-order valence-corrected chi connectivity index (χ0v) is 11.4. The predicted molar refractivity (Wildman–Crippen MR) is 75.1 cm³/mol. The number of nitrogens with zero attached hydrogens (tertiary/aromatic N) is 1. The van der Waals surface area contributed by atoms with Gasteiger partial charge < -0.3 is 10.2 Å². The van der Waals surface area contributed by atoms with Gasteiger partial charge in [-0.1, -0.05) is 24.1 Å². The molecule has 1 fully saturated rings. The monoisotopic (exact) mass is 252 g/mol. The normalized spacial score (nSPS) is 20.3. The molecule has 1 aromatic rings. The zero-order valence-electron chi connectivity index (χ0n) is 10.7. The number of halogens is 1. The number of piperidine rings is 1. The van der Waals surface area contributed by atoms with Gasteiger partial charge in [-0.25, -0.2) is 0 Å². The minimum absolute atomic E-state index is 0.619. The molecular weight excluding hydrogens is 232 g/mol. The van der Waals surface area contributed by atoms with E-state index in [1.807, 2.05) is 6.92 Å². The molecule has 17 heavy (non-hydrogen) atoms. The molecule has 1 unspecified atom stereocenters. The van der Waals surface area contributed by atoms with Crippen molar-refractivity contribution in [3.05, 3.63) is 28.8 Å². The van der Waals surface area contributed by atoms with Crippen LogP contribution in [0.5, 0.6) is 0 Å². The van der Waals surface area contributed by atoms with Crippen LogP contribution in [0.3, 0.4) is 0 Å². The van der Waals surface area contributed by atoms with Crippen molar-refractivity contribution in [1.82, 2.24) is 5.32 Å². The Morgan fingerprint density at radius 3 is 2.88 bits per heavy atom. The number of aryl methyl sites for hydroxylation is 1. The molecule has 0 spiro atoms. The predicted octanol–water partition coefficient (Wildman–Crippen LogP) is 3.23. The quantitative estimate of drug-likeness (QED) is 0.889. The van der Waals surface area contributed by atoms with Crippen LogP contribution in [0.15, 0.2) is 18.2 Å². The molecular formula is C14H21ClN2. The Balaban J connectivity index is 1.98. The Bertz CT molecular complexity index is 372. The lowest BCUT2D eigenvalue weighted by atomic mass is 10.0. The van der Waals surface area contributed by atoms with Gasteiger partial charge in [-0.3, -0.25) is 0 Å². The van der Waals surface area contributed by atoms with Gasteiger partial charge in [0.05, 0.1) is 0 Å². The Labute approximate surface area is 109 Å². The number of anilines is 1. The highest BCUT2D eigenvalue weighted by Crippen LogP contribution is 2.23. The molecule has 1 saturated heterocycles. The Kier molecular flexibility index (Phi) is 4.30. The summed E-state index contributed by atoms with van der Waals surface area (Å²) < 4.78 is 0. The second kappa shape index (κ2) is 5.74. The van der Waals surface area contributed by atoms with E-state index >= 15 is 0 Å². The molecule has 1 atom stereocenters. The van der Waals surface area contributed by atoms with E-state index in [1.54, 1.807) is 0 Å². The highest BCUT2D eigenvalue weighted by molar-refractivity contribution is 6.31. The molecule has 2 nitrogen and oxygen atoms in total. The van der Waals surface area contributed by atoms with Crippen molar-refractivity contribution in [2.75, 3.05) is 25.0 Å². The summed E-state index contributed by atoms with van der Waals surface area (Å²) in [5, 5.41) is 4.42. The minimum Gasteiger partial charge on any atom is -0.373 e. The maximum absolute atomic E-state index is 6.16. The molecule has 0 aromatic heterocycles. The fraction of sp³-hybridized carbons (Fsp3) is 0.571. The number of benzene rings is 1. The first-order valence-electron chi connectivity index (χ1n) is 6.37. The summed E-state index contributed by atoms with van der Waals surface area (Å²) in [6, 6.07) is 6.90. The summed E-state index contributed by atoms with van der Waals surface area (Å²) >= 11 is 6.16. The summed E-state index contributed by atoms with van der Waals surface area (Å²) in [7, 11) is 2.14. The minimum atomic E-state index is 0.619. The third-order valence-corrected chi connectivity index (χ3v) is 3.91. The van der Waals surface area contributed by atoms with Gasteiger partial charge in [0, 0.05) is 30.3 Å².